The number of methoxy groups -OCH3 is 1. The summed E-state index contributed by atoms with van der Waals surface area (Å²) < 4.78 is 10.5. The molecule has 2 amide bonds. The van der Waals surface area contributed by atoms with Gasteiger partial charge in [-0.1, -0.05) is 5.16 Å². The van der Waals surface area contributed by atoms with E-state index < -0.39 is 0 Å². The highest BCUT2D eigenvalue weighted by atomic mass is 16.5. The average molecular weight is 360 g/mol. The fourth-order valence-corrected chi connectivity index (χ4v) is 2.88. The molecule has 1 saturated heterocycles. The van der Waals surface area contributed by atoms with Gasteiger partial charge in [-0.2, -0.15) is 0 Å². The molecule has 140 valence electrons. The number of nitrogens with zero attached hydrogens (tertiary/aromatic N) is 3. The summed E-state index contributed by atoms with van der Waals surface area (Å²) in [7, 11) is 1.62. The van der Waals surface area contributed by atoms with E-state index in [0.717, 1.165) is 24.4 Å². The van der Waals surface area contributed by atoms with Crippen LogP contribution in [0.2, 0.25) is 0 Å². The molecule has 0 radical (unpaired) electrons. The number of β-amino-alcohol motifs (C(OH)–C–C–N with tert-alkyl or cyclic N) is 1. The Morgan fingerprint density at radius 3 is 2.65 bits per heavy atom. The van der Waals surface area contributed by atoms with Crippen molar-refractivity contribution in [3.63, 3.8) is 0 Å². The number of aliphatic hydroxyl groups excluding tert-OH is 1. The lowest BCUT2D eigenvalue weighted by molar-refractivity contribution is 0.122. The number of hydrogen-bond acceptors (Lipinski definition) is 6. The number of ether oxygens (including phenoxy) is 1. The minimum Gasteiger partial charge on any atom is -0.497 e. The van der Waals surface area contributed by atoms with Gasteiger partial charge in [0.15, 0.2) is 5.76 Å². The highest BCUT2D eigenvalue weighted by molar-refractivity contribution is 5.74. The maximum atomic E-state index is 12.3. The molecule has 0 atom stereocenters. The summed E-state index contributed by atoms with van der Waals surface area (Å²) in [4.78, 5) is 16.2. The van der Waals surface area contributed by atoms with Gasteiger partial charge < -0.3 is 24.6 Å². The van der Waals surface area contributed by atoms with Crippen molar-refractivity contribution in [2.24, 2.45) is 0 Å². The number of amides is 2. The van der Waals surface area contributed by atoms with Crippen molar-refractivity contribution in [3.05, 3.63) is 36.0 Å². The molecule has 1 aromatic carbocycles. The lowest BCUT2D eigenvalue weighted by Gasteiger charge is -2.34. The van der Waals surface area contributed by atoms with E-state index in [4.69, 9.17) is 14.4 Å². The number of carbonyl (C=O) groups is 1. The molecule has 0 aliphatic carbocycles. The Morgan fingerprint density at radius 2 is 2.00 bits per heavy atom. The number of carbonyl (C=O) groups excluding carboxylic acids is 1. The molecule has 3 rings (SSSR count). The van der Waals surface area contributed by atoms with Crippen LogP contribution in [-0.4, -0.2) is 72.5 Å². The van der Waals surface area contributed by atoms with Gasteiger partial charge in [-0.05, 0) is 24.3 Å². The Bertz CT molecular complexity index is 708. The normalized spacial score (nSPS) is 15.1. The molecule has 1 aliphatic heterocycles. The second-order valence-corrected chi connectivity index (χ2v) is 6.12. The fourth-order valence-electron chi connectivity index (χ4n) is 2.88. The van der Waals surface area contributed by atoms with Crippen LogP contribution in [0, 0.1) is 0 Å². The smallest absolute Gasteiger partial charge is 0.317 e. The quantitative estimate of drug-likeness (QED) is 0.804. The van der Waals surface area contributed by atoms with Gasteiger partial charge in [0.25, 0.3) is 0 Å². The molecule has 0 saturated carbocycles. The van der Waals surface area contributed by atoms with Crippen molar-refractivity contribution in [1.82, 2.24) is 20.3 Å². The molecule has 26 heavy (non-hydrogen) atoms. The largest absolute Gasteiger partial charge is 0.497 e. The third-order valence-electron chi connectivity index (χ3n) is 4.43. The van der Waals surface area contributed by atoms with Gasteiger partial charge in [-0.25, -0.2) is 4.79 Å². The summed E-state index contributed by atoms with van der Waals surface area (Å²) in [6, 6.07) is 9.22. The van der Waals surface area contributed by atoms with E-state index >= 15 is 0 Å². The molecule has 8 heteroatoms. The molecule has 1 fully saturated rings. The Hall–Kier alpha value is -2.58. The van der Waals surface area contributed by atoms with Crippen molar-refractivity contribution < 1.29 is 19.2 Å². The summed E-state index contributed by atoms with van der Waals surface area (Å²) in [6.45, 7) is 3.98. The topological polar surface area (TPSA) is 91.1 Å². The third kappa shape index (κ3) is 4.53. The first-order chi connectivity index (χ1) is 12.7. The SMILES string of the molecule is COc1ccc(-c2cc(CNC(=O)N3CCN(CCO)CC3)no2)cc1. The van der Waals surface area contributed by atoms with Gasteiger partial charge in [0, 0.05) is 44.4 Å². The Balaban J connectivity index is 1.49. The summed E-state index contributed by atoms with van der Waals surface area (Å²) in [5, 5.41) is 15.8. The number of nitrogens with one attached hydrogen (secondary N) is 1. The van der Waals surface area contributed by atoms with Crippen LogP contribution in [0.4, 0.5) is 4.79 Å². The first-order valence-corrected chi connectivity index (χ1v) is 8.65. The van der Waals surface area contributed by atoms with Gasteiger partial charge in [0.05, 0.1) is 20.3 Å². The zero-order valence-electron chi connectivity index (χ0n) is 14.9. The van der Waals surface area contributed by atoms with Gasteiger partial charge in [-0.15, -0.1) is 0 Å². The summed E-state index contributed by atoms with van der Waals surface area (Å²) in [6.07, 6.45) is 0. The van der Waals surface area contributed by atoms with Gasteiger partial charge >= 0.3 is 6.03 Å². The number of benzene rings is 1. The zero-order chi connectivity index (χ0) is 18.4. The van der Waals surface area contributed by atoms with Crippen molar-refractivity contribution in [2.45, 2.75) is 6.54 Å². The van der Waals surface area contributed by atoms with Gasteiger partial charge in [0.1, 0.15) is 11.4 Å². The molecule has 2 heterocycles. The average Bonchev–Trinajstić information content (AvgIpc) is 3.16. The van der Waals surface area contributed by atoms with Crippen LogP contribution < -0.4 is 10.1 Å². The van der Waals surface area contributed by atoms with E-state index in [9.17, 15) is 4.79 Å². The van der Waals surface area contributed by atoms with E-state index in [1.807, 2.05) is 30.3 Å². The van der Waals surface area contributed by atoms with E-state index in [1.54, 1.807) is 12.0 Å². The van der Waals surface area contributed by atoms with Crippen LogP contribution >= 0.6 is 0 Å². The fraction of sp³-hybridized carbons (Fsp3) is 0.444. The number of hydrogen-bond donors (Lipinski definition) is 2. The van der Waals surface area contributed by atoms with E-state index in [0.29, 0.717) is 37.6 Å². The number of aromatic nitrogens is 1. The number of aliphatic hydroxyl groups is 1. The zero-order valence-corrected chi connectivity index (χ0v) is 14.9. The van der Waals surface area contributed by atoms with Crippen LogP contribution in [0.15, 0.2) is 34.9 Å². The molecular formula is C18H24N4O4. The van der Waals surface area contributed by atoms with Crippen LogP contribution in [0.1, 0.15) is 5.69 Å². The van der Waals surface area contributed by atoms with E-state index in [-0.39, 0.29) is 12.6 Å². The first kappa shape index (κ1) is 18.2. The maximum absolute atomic E-state index is 12.3. The van der Waals surface area contributed by atoms with Crippen molar-refractivity contribution in [1.29, 1.82) is 0 Å². The van der Waals surface area contributed by atoms with Crippen LogP contribution in [0.5, 0.6) is 5.75 Å². The molecule has 8 nitrogen and oxygen atoms in total. The molecule has 1 aliphatic rings. The Morgan fingerprint density at radius 1 is 1.27 bits per heavy atom. The van der Waals surface area contributed by atoms with Crippen LogP contribution in [-0.2, 0) is 6.54 Å². The van der Waals surface area contributed by atoms with Crippen molar-refractivity contribution in [3.8, 4) is 17.1 Å². The Kier molecular flexibility index (Phi) is 6.08. The molecule has 0 unspecified atom stereocenters. The first-order valence-electron chi connectivity index (χ1n) is 8.65. The highest BCUT2D eigenvalue weighted by Crippen LogP contribution is 2.23. The standard InChI is InChI=1S/C18H24N4O4/c1-25-16-4-2-14(3-5-16)17-12-15(20-26-17)13-19-18(24)22-8-6-21(7-9-22)10-11-23/h2-5,12,23H,6-11,13H2,1H3,(H,19,24). The molecule has 0 spiro atoms. The van der Waals surface area contributed by atoms with Crippen molar-refractivity contribution >= 4 is 6.03 Å². The third-order valence-corrected chi connectivity index (χ3v) is 4.43. The van der Waals surface area contributed by atoms with Crippen LogP contribution in [0.3, 0.4) is 0 Å². The van der Waals surface area contributed by atoms with E-state index in [2.05, 4.69) is 15.4 Å². The highest BCUT2D eigenvalue weighted by Gasteiger charge is 2.20. The lowest BCUT2D eigenvalue weighted by Crippen LogP contribution is -2.52. The number of urea groups is 1. The molecule has 2 N–H and O–H groups in total. The molecule has 2 aromatic rings. The second kappa shape index (κ2) is 8.68. The molecule has 0 bridgehead atoms. The minimum atomic E-state index is -0.109. The second-order valence-electron chi connectivity index (χ2n) is 6.12. The van der Waals surface area contributed by atoms with Gasteiger partial charge in [0.2, 0.25) is 0 Å². The number of rotatable bonds is 6. The monoisotopic (exact) mass is 360 g/mol. The molecule has 1 aromatic heterocycles. The number of piperazine rings is 1. The minimum absolute atomic E-state index is 0.109. The summed E-state index contributed by atoms with van der Waals surface area (Å²) in [5.41, 5.74) is 1.57. The lowest BCUT2D eigenvalue weighted by atomic mass is 10.1. The molecular weight excluding hydrogens is 336 g/mol. The van der Waals surface area contributed by atoms with E-state index in [1.165, 1.54) is 0 Å². The van der Waals surface area contributed by atoms with Gasteiger partial charge in [-0.3, -0.25) is 4.90 Å². The van der Waals surface area contributed by atoms with Crippen LogP contribution in [0.25, 0.3) is 11.3 Å². The predicted molar refractivity (Wildman–Crippen MR) is 95.8 cm³/mol. The maximum Gasteiger partial charge on any atom is 0.317 e. The summed E-state index contributed by atoms with van der Waals surface area (Å²) >= 11 is 0. The summed E-state index contributed by atoms with van der Waals surface area (Å²) in [5.74, 6) is 1.43. The Labute approximate surface area is 152 Å². The predicted octanol–water partition coefficient (Wildman–Crippen LogP) is 1.17. The van der Waals surface area contributed by atoms with Crippen molar-refractivity contribution in [2.75, 3.05) is 46.4 Å².